The molecule has 0 aromatic rings. The first-order valence-corrected chi connectivity index (χ1v) is 10.6. The van der Waals surface area contributed by atoms with Crippen LogP contribution in [-0.4, -0.2) is 36.5 Å². The highest BCUT2D eigenvalue weighted by atomic mass is 16.5. The number of unbranched alkanes of at least 4 members (excludes halogenated alkanes) is 7. The van der Waals surface area contributed by atoms with Gasteiger partial charge in [-0.05, 0) is 32.1 Å². The van der Waals surface area contributed by atoms with Crippen LogP contribution in [0.15, 0.2) is 0 Å². The molecule has 0 spiro atoms. The Morgan fingerprint density at radius 1 is 0.680 bits per heavy atom. The summed E-state index contributed by atoms with van der Waals surface area (Å²) < 4.78 is 5.06. The number of esters is 1. The lowest BCUT2D eigenvalue weighted by Crippen LogP contribution is -2.32. The van der Waals surface area contributed by atoms with E-state index in [1.54, 1.807) is 0 Å². The SMILES string of the molecule is CCCCCCN(CCCCCC)C(=O)CCCCC(=O)OCCC. The zero-order valence-electron chi connectivity index (χ0n) is 17.0. The molecule has 0 saturated carbocycles. The van der Waals surface area contributed by atoms with Crippen LogP contribution in [0.3, 0.4) is 0 Å². The lowest BCUT2D eigenvalue weighted by Gasteiger charge is -2.23. The molecule has 148 valence electrons. The number of ether oxygens (including phenoxy) is 1. The van der Waals surface area contributed by atoms with Crippen LogP contribution in [0.5, 0.6) is 0 Å². The average molecular weight is 356 g/mol. The highest BCUT2D eigenvalue weighted by molar-refractivity contribution is 5.76. The summed E-state index contributed by atoms with van der Waals surface area (Å²) in [6, 6.07) is 0. The van der Waals surface area contributed by atoms with Gasteiger partial charge in [0.25, 0.3) is 0 Å². The van der Waals surface area contributed by atoms with E-state index in [0.29, 0.717) is 19.4 Å². The summed E-state index contributed by atoms with van der Waals surface area (Å²) in [7, 11) is 0. The van der Waals surface area contributed by atoms with Gasteiger partial charge >= 0.3 is 5.97 Å². The van der Waals surface area contributed by atoms with E-state index >= 15 is 0 Å². The van der Waals surface area contributed by atoms with Crippen molar-refractivity contribution in [2.24, 2.45) is 0 Å². The minimum atomic E-state index is -0.134. The Morgan fingerprint density at radius 2 is 1.24 bits per heavy atom. The fourth-order valence-electron chi connectivity index (χ4n) is 2.81. The fraction of sp³-hybridized carbons (Fsp3) is 0.905. The normalized spacial score (nSPS) is 10.7. The summed E-state index contributed by atoms with van der Waals surface area (Å²) in [5, 5.41) is 0. The van der Waals surface area contributed by atoms with E-state index in [4.69, 9.17) is 4.74 Å². The second-order valence-corrected chi connectivity index (χ2v) is 6.93. The predicted octanol–water partition coefficient (Wildman–Crippen LogP) is 5.49. The van der Waals surface area contributed by atoms with Crippen LogP contribution in [-0.2, 0) is 14.3 Å². The summed E-state index contributed by atoms with van der Waals surface area (Å²) in [6.45, 7) is 8.69. The molecule has 0 aliphatic carbocycles. The Balaban J connectivity index is 4.05. The number of carbonyl (C=O) groups is 2. The van der Waals surface area contributed by atoms with Crippen LogP contribution < -0.4 is 0 Å². The Morgan fingerprint density at radius 3 is 1.76 bits per heavy atom. The molecule has 0 atom stereocenters. The van der Waals surface area contributed by atoms with Crippen molar-refractivity contribution in [3.8, 4) is 0 Å². The van der Waals surface area contributed by atoms with Gasteiger partial charge in [-0.3, -0.25) is 9.59 Å². The first-order valence-electron chi connectivity index (χ1n) is 10.6. The van der Waals surface area contributed by atoms with Gasteiger partial charge in [-0.2, -0.15) is 0 Å². The van der Waals surface area contributed by atoms with Crippen molar-refractivity contribution >= 4 is 11.9 Å². The van der Waals surface area contributed by atoms with Gasteiger partial charge in [0, 0.05) is 25.9 Å². The molecule has 0 aliphatic heterocycles. The molecule has 0 heterocycles. The number of nitrogens with zero attached hydrogens (tertiary/aromatic N) is 1. The van der Waals surface area contributed by atoms with Gasteiger partial charge in [-0.15, -0.1) is 0 Å². The van der Waals surface area contributed by atoms with Crippen molar-refractivity contribution in [3.05, 3.63) is 0 Å². The lowest BCUT2D eigenvalue weighted by molar-refractivity contribution is -0.144. The molecule has 0 aliphatic rings. The van der Waals surface area contributed by atoms with E-state index in [1.807, 2.05) is 6.92 Å². The quantitative estimate of drug-likeness (QED) is 0.256. The average Bonchev–Trinajstić information content (AvgIpc) is 2.62. The topological polar surface area (TPSA) is 46.6 Å². The van der Waals surface area contributed by atoms with Crippen molar-refractivity contribution < 1.29 is 14.3 Å². The molecule has 0 unspecified atom stereocenters. The Kier molecular flexibility index (Phi) is 17.0. The van der Waals surface area contributed by atoms with Gasteiger partial charge in [0.05, 0.1) is 6.61 Å². The van der Waals surface area contributed by atoms with Gasteiger partial charge in [-0.1, -0.05) is 59.3 Å². The van der Waals surface area contributed by atoms with E-state index in [9.17, 15) is 9.59 Å². The molecule has 0 bridgehead atoms. The van der Waals surface area contributed by atoms with Crippen molar-refractivity contribution in [3.63, 3.8) is 0 Å². The molecule has 0 radical (unpaired) electrons. The van der Waals surface area contributed by atoms with Crippen LogP contribution >= 0.6 is 0 Å². The molecule has 4 heteroatoms. The maximum atomic E-state index is 12.5. The molecule has 0 rings (SSSR count). The molecule has 1 amide bonds. The van der Waals surface area contributed by atoms with Crippen molar-refractivity contribution in [1.82, 2.24) is 4.90 Å². The highest BCUT2D eigenvalue weighted by Gasteiger charge is 2.13. The van der Waals surface area contributed by atoms with Crippen LogP contribution in [0, 0.1) is 0 Å². The monoisotopic (exact) mass is 355 g/mol. The predicted molar refractivity (Wildman–Crippen MR) is 105 cm³/mol. The minimum absolute atomic E-state index is 0.134. The summed E-state index contributed by atoms with van der Waals surface area (Å²) in [4.78, 5) is 26.0. The Bertz CT molecular complexity index is 319. The highest BCUT2D eigenvalue weighted by Crippen LogP contribution is 2.10. The summed E-state index contributed by atoms with van der Waals surface area (Å²) >= 11 is 0. The molecule has 0 N–H and O–H groups in total. The molecule has 0 fully saturated rings. The third-order valence-electron chi connectivity index (χ3n) is 4.40. The molecular formula is C21H41NO3. The molecule has 0 saturated heterocycles. The molecule has 0 aromatic carbocycles. The minimum Gasteiger partial charge on any atom is -0.466 e. The third-order valence-corrected chi connectivity index (χ3v) is 4.40. The van der Waals surface area contributed by atoms with E-state index in [1.165, 1.54) is 38.5 Å². The maximum absolute atomic E-state index is 12.5. The molecule has 25 heavy (non-hydrogen) atoms. The number of amides is 1. The standard InChI is InChI=1S/C21H41NO3/c1-4-7-9-13-17-22(18-14-10-8-5-2)20(23)15-11-12-16-21(24)25-19-6-3/h4-19H2,1-3H3. The van der Waals surface area contributed by atoms with E-state index in [2.05, 4.69) is 18.7 Å². The second-order valence-electron chi connectivity index (χ2n) is 6.93. The molecule has 0 aromatic heterocycles. The number of rotatable bonds is 17. The van der Waals surface area contributed by atoms with Gasteiger partial charge < -0.3 is 9.64 Å². The van der Waals surface area contributed by atoms with Gasteiger partial charge in [0.2, 0.25) is 5.91 Å². The van der Waals surface area contributed by atoms with Crippen LogP contribution in [0.4, 0.5) is 0 Å². The number of hydrogen-bond donors (Lipinski definition) is 0. The zero-order valence-corrected chi connectivity index (χ0v) is 17.0. The van der Waals surface area contributed by atoms with Crippen LogP contribution in [0.1, 0.15) is 104 Å². The number of carbonyl (C=O) groups excluding carboxylic acids is 2. The third kappa shape index (κ3) is 14.9. The molecular weight excluding hydrogens is 314 g/mol. The zero-order chi connectivity index (χ0) is 18.8. The second kappa shape index (κ2) is 17.8. The lowest BCUT2D eigenvalue weighted by atomic mass is 10.1. The van der Waals surface area contributed by atoms with Gasteiger partial charge in [0.1, 0.15) is 0 Å². The fourth-order valence-corrected chi connectivity index (χ4v) is 2.81. The van der Waals surface area contributed by atoms with Crippen LogP contribution in [0.25, 0.3) is 0 Å². The largest absolute Gasteiger partial charge is 0.466 e. The Labute approximate surface area is 155 Å². The first-order chi connectivity index (χ1) is 12.2. The number of hydrogen-bond acceptors (Lipinski definition) is 3. The smallest absolute Gasteiger partial charge is 0.305 e. The van der Waals surface area contributed by atoms with Crippen molar-refractivity contribution in [2.75, 3.05) is 19.7 Å². The first kappa shape index (κ1) is 23.9. The van der Waals surface area contributed by atoms with Crippen molar-refractivity contribution in [2.45, 2.75) is 104 Å². The van der Waals surface area contributed by atoms with E-state index in [-0.39, 0.29) is 11.9 Å². The maximum Gasteiger partial charge on any atom is 0.305 e. The van der Waals surface area contributed by atoms with Crippen molar-refractivity contribution in [1.29, 1.82) is 0 Å². The van der Waals surface area contributed by atoms with E-state index in [0.717, 1.165) is 45.2 Å². The van der Waals surface area contributed by atoms with Gasteiger partial charge in [-0.25, -0.2) is 0 Å². The van der Waals surface area contributed by atoms with E-state index < -0.39 is 0 Å². The Hall–Kier alpha value is -1.06. The molecule has 4 nitrogen and oxygen atoms in total. The van der Waals surface area contributed by atoms with Crippen LogP contribution in [0.2, 0.25) is 0 Å². The summed E-state index contributed by atoms with van der Waals surface area (Å²) in [6.07, 6.45) is 12.9. The van der Waals surface area contributed by atoms with Gasteiger partial charge in [0.15, 0.2) is 0 Å². The summed E-state index contributed by atoms with van der Waals surface area (Å²) in [5.74, 6) is 0.125. The summed E-state index contributed by atoms with van der Waals surface area (Å²) in [5.41, 5.74) is 0.